The van der Waals surface area contributed by atoms with Crippen molar-refractivity contribution in [3.05, 3.63) is 48.6 Å². The summed E-state index contributed by atoms with van der Waals surface area (Å²) in [5, 5.41) is 10.6. The maximum absolute atomic E-state index is 10.6. The van der Waals surface area contributed by atoms with Crippen LogP contribution in [0.2, 0.25) is 0 Å². The van der Waals surface area contributed by atoms with Gasteiger partial charge in [0.2, 0.25) is 0 Å². The molecule has 150 valence electrons. The van der Waals surface area contributed by atoms with Gasteiger partial charge < -0.3 is 24.1 Å². The summed E-state index contributed by atoms with van der Waals surface area (Å²) >= 11 is 0. The largest absolute Gasteiger partial charge is 0.387 e. The molecule has 3 rings (SSSR count). The smallest absolute Gasteiger partial charge is 0.184 e. The van der Waals surface area contributed by atoms with Gasteiger partial charge in [-0.3, -0.25) is 0 Å². The topological polar surface area (TPSA) is 57.2 Å². The summed E-state index contributed by atoms with van der Waals surface area (Å²) in [6.45, 7) is 6.75. The number of rotatable bonds is 9. The van der Waals surface area contributed by atoms with Crippen LogP contribution in [0.25, 0.3) is 0 Å². The number of aliphatic hydroxyl groups excluding tert-OH is 1. The van der Waals surface area contributed by atoms with Gasteiger partial charge in [-0.15, -0.1) is 6.58 Å². The predicted octanol–water partition coefficient (Wildman–Crippen LogP) is 3.98. The zero-order chi connectivity index (χ0) is 19.1. The Hall–Kier alpha value is -1.24. The van der Waals surface area contributed by atoms with Gasteiger partial charge in [0.1, 0.15) is 12.2 Å². The van der Waals surface area contributed by atoms with Gasteiger partial charge in [0.25, 0.3) is 0 Å². The Labute approximate surface area is 162 Å². The molecule has 2 heterocycles. The van der Waals surface area contributed by atoms with Crippen LogP contribution < -0.4 is 0 Å². The fraction of sp³-hybridized carbons (Fsp3) is 0.636. The molecule has 0 aliphatic carbocycles. The third-order valence-corrected chi connectivity index (χ3v) is 5.36. The molecular weight excluding hydrogens is 344 g/mol. The summed E-state index contributed by atoms with van der Waals surface area (Å²) in [4.78, 5) is 0. The first-order valence-corrected chi connectivity index (χ1v) is 10.1. The van der Waals surface area contributed by atoms with Crippen LogP contribution in [0.3, 0.4) is 0 Å². The quantitative estimate of drug-likeness (QED) is 0.522. The average Bonchev–Trinajstić information content (AvgIpc) is 2.71. The van der Waals surface area contributed by atoms with Crippen molar-refractivity contribution in [2.24, 2.45) is 5.92 Å². The molecule has 2 aliphatic heterocycles. The molecule has 0 saturated carbocycles. The Balaban J connectivity index is 1.46. The highest BCUT2D eigenvalue weighted by molar-refractivity contribution is 5.16. The highest BCUT2D eigenvalue weighted by Crippen LogP contribution is 2.37. The first-order chi connectivity index (χ1) is 13.2. The average molecular weight is 376 g/mol. The Bertz CT molecular complexity index is 561. The molecule has 3 unspecified atom stereocenters. The van der Waals surface area contributed by atoms with Crippen molar-refractivity contribution in [3.63, 3.8) is 0 Å². The third-order valence-electron chi connectivity index (χ3n) is 5.36. The van der Waals surface area contributed by atoms with Crippen LogP contribution in [0.15, 0.2) is 43.0 Å². The van der Waals surface area contributed by atoms with Crippen molar-refractivity contribution in [2.45, 2.75) is 69.9 Å². The van der Waals surface area contributed by atoms with Gasteiger partial charge in [0, 0.05) is 18.1 Å². The molecule has 2 aliphatic rings. The van der Waals surface area contributed by atoms with Crippen LogP contribution in [0.1, 0.15) is 50.9 Å². The summed E-state index contributed by atoms with van der Waals surface area (Å²) in [5.74, 6) is -0.0866. The molecular formula is C22H32O5. The van der Waals surface area contributed by atoms with Crippen LogP contribution in [0.5, 0.6) is 0 Å². The van der Waals surface area contributed by atoms with Crippen LogP contribution in [0, 0.1) is 5.92 Å². The Morgan fingerprint density at radius 2 is 1.93 bits per heavy atom. The van der Waals surface area contributed by atoms with Crippen molar-refractivity contribution in [2.75, 3.05) is 13.2 Å². The zero-order valence-corrected chi connectivity index (χ0v) is 16.2. The molecule has 6 atom stereocenters. The minimum atomic E-state index is -0.707. The lowest BCUT2D eigenvalue weighted by atomic mass is 9.90. The minimum Gasteiger partial charge on any atom is -0.387 e. The normalized spacial score (nSPS) is 33.4. The monoisotopic (exact) mass is 376 g/mol. The second-order valence-electron chi connectivity index (χ2n) is 7.43. The van der Waals surface area contributed by atoms with Crippen LogP contribution in [0.4, 0.5) is 0 Å². The van der Waals surface area contributed by atoms with Gasteiger partial charge in [-0.05, 0) is 19.3 Å². The summed E-state index contributed by atoms with van der Waals surface area (Å²) in [5.41, 5.74) is 0.979. The number of hydrogen-bond donors (Lipinski definition) is 1. The van der Waals surface area contributed by atoms with Gasteiger partial charge in [-0.25, -0.2) is 0 Å². The predicted molar refractivity (Wildman–Crippen MR) is 103 cm³/mol. The van der Waals surface area contributed by atoms with Gasteiger partial charge in [0.15, 0.2) is 12.6 Å². The fourth-order valence-electron chi connectivity index (χ4n) is 3.69. The van der Waals surface area contributed by atoms with Crippen LogP contribution in [-0.4, -0.2) is 42.9 Å². The number of allylic oxidation sites excluding steroid dienone is 1. The second-order valence-corrected chi connectivity index (χ2v) is 7.43. The number of ether oxygens (including phenoxy) is 4. The summed E-state index contributed by atoms with van der Waals surface area (Å²) in [7, 11) is 0. The highest BCUT2D eigenvalue weighted by atomic mass is 16.7. The van der Waals surface area contributed by atoms with E-state index in [0.29, 0.717) is 13.2 Å². The number of hydrogen-bond acceptors (Lipinski definition) is 5. The molecule has 1 aromatic rings. The van der Waals surface area contributed by atoms with E-state index in [1.165, 1.54) is 12.8 Å². The van der Waals surface area contributed by atoms with Gasteiger partial charge in [-0.1, -0.05) is 56.2 Å². The Kier molecular flexibility index (Phi) is 7.85. The van der Waals surface area contributed by atoms with Crippen molar-refractivity contribution < 1.29 is 24.1 Å². The van der Waals surface area contributed by atoms with Crippen molar-refractivity contribution in [1.29, 1.82) is 0 Å². The molecule has 1 aromatic carbocycles. The van der Waals surface area contributed by atoms with E-state index in [2.05, 4.69) is 6.58 Å². The summed E-state index contributed by atoms with van der Waals surface area (Å²) in [6.07, 6.45) is 5.27. The van der Waals surface area contributed by atoms with E-state index < -0.39 is 18.7 Å². The highest BCUT2D eigenvalue weighted by Gasteiger charge is 2.47. The molecule has 5 heteroatoms. The first-order valence-electron chi connectivity index (χ1n) is 10.1. The maximum atomic E-state index is 10.6. The molecule has 0 aromatic heterocycles. The van der Waals surface area contributed by atoms with Gasteiger partial charge in [-0.2, -0.15) is 0 Å². The molecule has 5 nitrogen and oxygen atoms in total. The molecule has 2 saturated heterocycles. The lowest BCUT2D eigenvalue weighted by Gasteiger charge is -2.47. The molecule has 27 heavy (non-hydrogen) atoms. The van der Waals surface area contributed by atoms with E-state index in [0.717, 1.165) is 24.8 Å². The van der Waals surface area contributed by atoms with E-state index in [-0.39, 0.29) is 18.1 Å². The first kappa shape index (κ1) is 20.5. The maximum Gasteiger partial charge on any atom is 0.184 e. The fourth-order valence-corrected chi connectivity index (χ4v) is 3.69. The van der Waals surface area contributed by atoms with Crippen molar-refractivity contribution >= 4 is 0 Å². The van der Waals surface area contributed by atoms with E-state index in [1.807, 2.05) is 43.3 Å². The summed E-state index contributed by atoms with van der Waals surface area (Å²) in [6, 6.07) is 9.86. The standard InChI is InChI=1S/C22H32O5/c1-3-4-5-6-7-11-14-24-22-19(23)16(2)20-18(26-22)15-25-21(27-20)17-12-9-8-10-13-17/h3,8-10,12-13,16,18-23H,1,4-7,11,14-15H2,2H3/t16-,18?,19?,20-,21?,22-/m1/s1. The van der Waals surface area contributed by atoms with E-state index in [9.17, 15) is 5.11 Å². The van der Waals surface area contributed by atoms with Crippen molar-refractivity contribution in [3.8, 4) is 0 Å². The lowest BCUT2D eigenvalue weighted by Crippen LogP contribution is -2.58. The van der Waals surface area contributed by atoms with Crippen LogP contribution in [-0.2, 0) is 18.9 Å². The summed E-state index contributed by atoms with van der Waals surface area (Å²) < 4.78 is 23.8. The number of unbranched alkanes of at least 4 members (excludes halogenated alkanes) is 4. The Morgan fingerprint density at radius 1 is 1.15 bits per heavy atom. The molecule has 0 spiro atoms. The zero-order valence-electron chi connectivity index (χ0n) is 16.2. The van der Waals surface area contributed by atoms with Gasteiger partial charge in [0.05, 0.1) is 12.7 Å². The number of fused-ring (bicyclic) bond motifs is 1. The minimum absolute atomic E-state index is 0.0866. The van der Waals surface area contributed by atoms with Gasteiger partial charge >= 0.3 is 0 Å². The molecule has 2 fully saturated rings. The van der Waals surface area contributed by atoms with E-state index in [1.54, 1.807) is 0 Å². The Morgan fingerprint density at radius 3 is 2.70 bits per heavy atom. The third kappa shape index (κ3) is 5.39. The second kappa shape index (κ2) is 10.3. The molecule has 0 bridgehead atoms. The van der Waals surface area contributed by atoms with Crippen molar-refractivity contribution in [1.82, 2.24) is 0 Å². The number of benzene rings is 1. The number of aliphatic hydroxyl groups is 1. The molecule has 0 radical (unpaired) electrons. The lowest BCUT2D eigenvalue weighted by molar-refractivity contribution is -0.351. The SMILES string of the molecule is C=CCCCCCCO[C@@H]1OC2COC(c3ccccc3)O[C@@H]2[C@H](C)C1O. The van der Waals surface area contributed by atoms with Crippen LogP contribution >= 0.6 is 0 Å². The van der Waals surface area contributed by atoms with E-state index in [4.69, 9.17) is 18.9 Å². The van der Waals surface area contributed by atoms with E-state index >= 15 is 0 Å². The molecule has 1 N–H and O–H groups in total. The molecule has 0 amide bonds.